The van der Waals surface area contributed by atoms with Crippen LogP contribution in [0.25, 0.3) is 15.5 Å². The SMILES string of the molecule is CCc1nnc2sc(-c3ccc(C)c(O)c3)nn12. The van der Waals surface area contributed by atoms with Crippen molar-refractivity contribution in [3.05, 3.63) is 29.6 Å². The number of nitrogens with zero attached hydrogens (tertiary/aromatic N) is 4. The fourth-order valence-electron chi connectivity index (χ4n) is 1.74. The Kier molecular flexibility index (Phi) is 2.52. The molecule has 1 N–H and O–H groups in total. The van der Waals surface area contributed by atoms with Crippen LogP contribution < -0.4 is 0 Å². The molecule has 2 heterocycles. The van der Waals surface area contributed by atoms with E-state index in [9.17, 15) is 5.11 Å². The third-order valence-corrected chi connectivity index (χ3v) is 3.78. The summed E-state index contributed by atoms with van der Waals surface area (Å²) in [6.07, 6.45) is 0.795. The van der Waals surface area contributed by atoms with Crippen LogP contribution in [0, 0.1) is 6.92 Å². The lowest BCUT2D eigenvalue weighted by atomic mass is 10.1. The average molecular weight is 260 g/mol. The Morgan fingerprint density at radius 3 is 2.89 bits per heavy atom. The van der Waals surface area contributed by atoms with Gasteiger partial charge in [0.15, 0.2) is 5.82 Å². The molecular formula is C12H12N4OS. The first kappa shape index (κ1) is 11.2. The number of fused-ring (bicyclic) bond motifs is 1. The van der Waals surface area contributed by atoms with Crippen LogP contribution in [0.2, 0.25) is 0 Å². The summed E-state index contributed by atoms with van der Waals surface area (Å²) in [5, 5.41) is 23.2. The van der Waals surface area contributed by atoms with Crippen LogP contribution in [0.5, 0.6) is 5.75 Å². The van der Waals surface area contributed by atoms with Crippen LogP contribution in [0.4, 0.5) is 0 Å². The minimum atomic E-state index is 0.286. The maximum atomic E-state index is 9.73. The molecule has 0 aliphatic rings. The van der Waals surface area contributed by atoms with Gasteiger partial charge in [-0.3, -0.25) is 0 Å². The smallest absolute Gasteiger partial charge is 0.234 e. The van der Waals surface area contributed by atoms with Crippen molar-refractivity contribution < 1.29 is 5.11 Å². The molecule has 6 heteroatoms. The number of phenols is 1. The minimum absolute atomic E-state index is 0.286. The third-order valence-electron chi connectivity index (χ3n) is 2.83. The first-order chi connectivity index (χ1) is 8.69. The highest BCUT2D eigenvalue weighted by Gasteiger charge is 2.12. The fourth-order valence-corrected chi connectivity index (χ4v) is 2.59. The highest BCUT2D eigenvalue weighted by atomic mass is 32.1. The van der Waals surface area contributed by atoms with E-state index >= 15 is 0 Å². The van der Waals surface area contributed by atoms with Crippen molar-refractivity contribution in [1.29, 1.82) is 0 Å². The lowest BCUT2D eigenvalue weighted by Crippen LogP contribution is -1.93. The lowest BCUT2D eigenvalue weighted by Gasteiger charge is -2.00. The highest BCUT2D eigenvalue weighted by Crippen LogP contribution is 2.29. The van der Waals surface area contributed by atoms with Gasteiger partial charge in [-0.15, -0.1) is 10.2 Å². The predicted molar refractivity (Wildman–Crippen MR) is 69.9 cm³/mol. The normalized spacial score (nSPS) is 11.2. The van der Waals surface area contributed by atoms with Crippen molar-refractivity contribution in [2.75, 3.05) is 0 Å². The number of hydrogen-bond acceptors (Lipinski definition) is 5. The van der Waals surface area contributed by atoms with Gasteiger partial charge in [-0.05, 0) is 18.6 Å². The van der Waals surface area contributed by atoms with Gasteiger partial charge < -0.3 is 5.11 Å². The molecule has 0 bridgehead atoms. The third kappa shape index (κ3) is 1.65. The molecule has 0 unspecified atom stereocenters. The molecule has 18 heavy (non-hydrogen) atoms. The molecule has 0 spiro atoms. The lowest BCUT2D eigenvalue weighted by molar-refractivity contribution is 0.471. The summed E-state index contributed by atoms with van der Waals surface area (Å²) in [5.74, 6) is 1.14. The van der Waals surface area contributed by atoms with E-state index in [0.717, 1.165) is 33.3 Å². The van der Waals surface area contributed by atoms with E-state index < -0.39 is 0 Å². The number of hydrogen-bond donors (Lipinski definition) is 1. The van der Waals surface area contributed by atoms with Gasteiger partial charge in [-0.25, -0.2) is 0 Å². The zero-order valence-corrected chi connectivity index (χ0v) is 10.9. The van der Waals surface area contributed by atoms with Crippen molar-refractivity contribution >= 4 is 16.3 Å². The van der Waals surface area contributed by atoms with Crippen LogP contribution >= 0.6 is 11.3 Å². The molecule has 0 saturated carbocycles. The molecule has 92 valence electrons. The van der Waals surface area contributed by atoms with Gasteiger partial charge in [0, 0.05) is 12.0 Å². The number of rotatable bonds is 2. The van der Waals surface area contributed by atoms with Crippen molar-refractivity contribution in [2.45, 2.75) is 20.3 Å². The summed E-state index contributed by atoms with van der Waals surface area (Å²) >= 11 is 1.47. The minimum Gasteiger partial charge on any atom is -0.508 e. The van der Waals surface area contributed by atoms with Gasteiger partial charge in [0.2, 0.25) is 4.96 Å². The fraction of sp³-hybridized carbons (Fsp3) is 0.250. The number of aryl methyl sites for hydroxylation is 2. The molecule has 3 aromatic rings. The van der Waals surface area contributed by atoms with E-state index in [2.05, 4.69) is 15.3 Å². The standard InChI is InChI=1S/C12H12N4OS/c1-3-10-13-14-12-16(10)15-11(18-12)8-5-4-7(2)9(17)6-8/h4-6,17H,3H2,1-2H3. The molecule has 0 aliphatic carbocycles. The van der Waals surface area contributed by atoms with Crippen LogP contribution in [0.3, 0.4) is 0 Å². The first-order valence-corrected chi connectivity index (χ1v) is 6.52. The highest BCUT2D eigenvalue weighted by molar-refractivity contribution is 7.19. The zero-order valence-electron chi connectivity index (χ0n) is 10.1. The van der Waals surface area contributed by atoms with Crippen molar-refractivity contribution in [1.82, 2.24) is 19.8 Å². The Morgan fingerprint density at radius 2 is 2.17 bits per heavy atom. The molecular weight excluding hydrogens is 248 g/mol. The van der Waals surface area contributed by atoms with Crippen molar-refractivity contribution in [2.24, 2.45) is 0 Å². The summed E-state index contributed by atoms with van der Waals surface area (Å²) in [7, 11) is 0. The molecule has 3 rings (SSSR count). The second-order valence-corrected chi connectivity index (χ2v) is 5.03. The predicted octanol–water partition coefficient (Wildman–Crippen LogP) is 2.43. The van der Waals surface area contributed by atoms with E-state index in [1.54, 1.807) is 10.6 Å². The number of aromatic nitrogens is 4. The summed E-state index contributed by atoms with van der Waals surface area (Å²) in [6, 6.07) is 5.56. The topological polar surface area (TPSA) is 63.3 Å². The van der Waals surface area contributed by atoms with E-state index in [-0.39, 0.29) is 5.75 Å². The Hall–Kier alpha value is -1.95. The van der Waals surface area contributed by atoms with Crippen LogP contribution in [-0.4, -0.2) is 24.9 Å². The quantitative estimate of drug-likeness (QED) is 0.768. The number of phenolic OH excluding ortho intramolecular Hbond substituents is 1. The molecule has 0 aliphatic heterocycles. The summed E-state index contributed by atoms with van der Waals surface area (Å²) in [6.45, 7) is 3.89. The zero-order chi connectivity index (χ0) is 12.7. The number of benzene rings is 1. The molecule has 0 saturated heterocycles. The maximum Gasteiger partial charge on any atom is 0.234 e. The maximum absolute atomic E-state index is 9.73. The Balaban J connectivity index is 2.13. The van der Waals surface area contributed by atoms with E-state index in [0.29, 0.717) is 0 Å². The van der Waals surface area contributed by atoms with Gasteiger partial charge >= 0.3 is 0 Å². The van der Waals surface area contributed by atoms with Crippen LogP contribution in [0.15, 0.2) is 18.2 Å². The molecule has 5 nitrogen and oxygen atoms in total. The molecule has 1 aromatic carbocycles. The molecule has 0 fully saturated rings. The van der Waals surface area contributed by atoms with E-state index in [1.807, 2.05) is 26.0 Å². The second kappa shape index (κ2) is 4.06. The monoisotopic (exact) mass is 260 g/mol. The average Bonchev–Trinajstić information content (AvgIpc) is 2.92. The van der Waals surface area contributed by atoms with E-state index in [1.165, 1.54) is 11.3 Å². The summed E-state index contributed by atoms with van der Waals surface area (Å²) in [5.41, 5.74) is 1.76. The molecule has 0 radical (unpaired) electrons. The molecule has 0 atom stereocenters. The van der Waals surface area contributed by atoms with Crippen molar-refractivity contribution in [3.63, 3.8) is 0 Å². The summed E-state index contributed by atoms with van der Waals surface area (Å²) in [4.78, 5) is 0.780. The van der Waals surface area contributed by atoms with Gasteiger partial charge in [0.05, 0.1) is 0 Å². The number of aromatic hydroxyl groups is 1. The Bertz CT molecular complexity index is 716. The molecule has 0 amide bonds. The van der Waals surface area contributed by atoms with Gasteiger partial charge in [-0.1, -0.05) is 30.4 Å². The largest absolute Gasteiger partial charge is 0.508 e. The second-order valence-electron chi connectivity index (χ2n) is 4.07. The van der Waals surface area contributed by atoms with Gasteiger partial charge in [0.1, 0.15) is 10.8 Å². The van der Waals surface area contributed by atoms with Crippen LogP contribution in [0.1, 0.15) is 18.3 Å². The van der Waals surface area contributed by atoms with Gasteiger partial charge in [0.25, 0.3) is 0 Å². The van der Waals surface area contributed by atoms with Crippen molar-refractivity contribution in [3.8, 4) is 16.3 Å². The Morgan fingerprint density at radius 1 is 1.33 bits per heavy atom. The Labute approximate surface area is 108 Å². The van der Waals surface area contributed by atoms with E-state index in [4.69, 9.17) is 0 Å². The van der Waals surface area contributed by atoms with Gasteiger partial charge in [-0.2, -0.15) is 9.61 Å². The molecule has 2 aromatic heterocycles. The van der Waals surface area contributed by atoms with Crippen LogP contribution in [-0.2, 0) is 6.42 Å². The summed E-state index contributed by atoms with van der Waals surface area (Å²) < 4.78 is 1.76. The first-order valence-electron chi connectivity index (χ1n) is 5.70.